The molecule has 0 aromatic carbocycles. The number of nitrogens with one attached hydrogen (secondary N) is 2. The lowest BCUT2D eigenvalue weighted by Crippen LogP contribution is -2.38. The van der Waals surface area contributed by atoms with Crippen LogP contribution in [0.4, 0.5) is 0 Å². The molecule has 1 atom stereocenters. The fourth-order valence-electron chi connectivity index (χ4n) is 0.761. The first-order valence-corrected chi connectivity index (χ1v) is 6.31. The molecule has 0 aromatic heterocycles. The Morgan fingerprint density at radius 3 is 2.46 bits per heavy atom. The van der Waals surface area contributed by atoms with Gasteiger partial charge in [-0.05, 0) is 20.4 Å². The number of hydrogen-bond acceptors (Lipinski definition) is 3. The Morgan fingerprint density at radius 2 is 2.00 bits per heavy atom. The quantitative estimate of drug-likeness (QED) is 0.633. The van der Waals surface area contributed by atoms with E-state index in [9.17, 15) is 8.42 Å². The van der Waals surface area contributed by atoms with Crippen molar-refractivity contribution < 1.29 is 8.42 Å². The molecule has 0 aliphatic heterocycles. The van der Waals surface area contributed by atoms with Gasteiger partial charge in [0.25, 0.3) is 0 Å². The third-order valence-corrected chi connectivity index (χ3v) is 3.30. The smallest absolute Gasteiger partial charge is 0.211 e. The second kappa shape index (κ2) is 6.34. The Balaban J connectivity index is 3.76. The molecular weight excluding hydrogens is 188 g/mol. The molecular formula is C8H20N2O2S. The van der Waals surface area contributed by atoms with Crippen LogP contribution in [-0.2, 0) is 10.0 Å². The second-order valence-electron chi connectivity index (χ2n) is 3.21. The molecule has 4 nitrogen and oxygen atoms in total. The summed E-state index contributed by atoms with van der Waals surface area (Å²) in [5, 5.41) is 2.97. The molecule has 1 unspecified atom stereocenters. The first kappa shape index (κ1) is 12.9. The molecule has 5 heteroatoms. The lowest BCUT2D eigenvalue weighted by Gasteiger charge is -2.11. The second-order valence-corrected chi connectivity index (χ2v) is 5.14. The summed E-state index contributed by atoms with van der Waals surface area (Å²) < 4.78 is 25.1. The normalized spacial score (nSPS) is 14.4. The zero-order valence-electron chi connectivity index (χ0n) is 8.63. The summed E-state index contributed by atoms with van der Waals surface area (Å²) in [6, 6.07) is 0.177. The Bertz CT molecular complexity index is 214. The van der Waals surface area contributed by atoms with E-state index in [1.165, 1.54) is 0 Å². The Hall–Kier alpha value is -0.130. The first-order chi connectivity index (χ1) is 6.02. The van der Waals surface area contributed by atoms with Gasteiger partial charge in [-0.15, -0.1) is 0 Å². The van der Waals surface area contributed by atoms with Crippen LogP contribution in [0.3, 0.4) is 0 Å². The summed E-state index contributed by atoms with van der Waals surface area (Å²) in [6.07, 6.45) is 1.63. The van der Waals surface area contributed by atoms with Crippen molar-refractivity contribution in [1.82, 2.24) is 10.0 Å². The highest BCUT2D eigenvalue weighted by Crippen LogP contribution is 1.93. The molecule has 0 aromatic rings. The number of hydrogen-bond donors (Lipinski definition) is 2. The van der Waals surface area contributed by atoms with Crippen molar-refractivity contribution in [2.45, 2.75) is 32.7 Å². The van der Waals surface area contributed by atoms with E-state index in [1.807, 2.05) is 20.9 Å². The fourth-order valence-corrected chi connectivity index (χ4v) is 2.08. The van der Waals surface area contributed by atoms with Gasteiger partial charge < -0.3 is 5.32 Å². The molecule has 0 spiro atoms. The highest BCUT2D eigenvalue weighted by molar-refractivity contribution is 7.89. The van der Waals surface area contributed by atoms with E-state index in [2.05, 4.69) is 10.0 Å². The molecule has 0 saturated carbocycles. The van der Waals surface area contributed by atoms with Gasteiger partial charge in [-0.2, -0.15) is 0 Å². The molecule has 0 fully saturated rings. The molecule has 80 valence electrons. The summed E-state index contributed by atoms with van der Waals surface area (Å²) >= 11 is 0. The van der Waals surface area contributed by atoms with Gasteiger partial charge in [0.05, 0.1) is 5.75 Å². The Labute approximate surface area is 81.2 Å². The maximum Gasteiger partial charge on any atom is 0.211 e. The van der Waals surface area contributed by atoms with E-state index in [1.54, 1.807) is 0 Å². The van der Waals surface area contributed by atoms with Crippen molar-refractivity contribution in [3.63, 3.8) is 0 Å². The maximum atomic E-state index is 11.3. The number of likely N-dealkylation sites (N-methyl/N-ethyl adjacent to an activating group) is 1. The topological polar surface area (TPSA) is 58.2 Å². The standard InChI is InChI=1S/C8H20N2O2S/c1-4-5-6-13(11,12)10-7-8(2)9-3/h8-10H,4-7H2,1-3H3. The zero-order chi connectivity index (χ0) is 10.3. The highest BCUT2D eigenvalue weighted by Gasteiger charge is 2.09. The Morgan fingerprint density at radius 1 is 1.38 bits per heavy atom. The minimum atomic E-state index is -3.04. The zero-order valence-corrected chi connectivity index (χ0v) is 9.45. The van der Waals surface area contributed by atoms with Crippen molar-refractivity contribution in [3.8, 4) is 0 Å². The lowest BCUT2D eigenvalue weighted by atomic mass is 10.4. The van der Waals surface area contributed by atoms with Crippen LogP contribution >= 0.6 is 0 Å². The fraction of sp³-hybridized carbons (Fsp3) is 1.00. The summed E-state index contributed by atoms with van der Waals surface area (Å²) in [7, 11) is -1.23. The third kappa shape index (κ3) is 6.98. The van der Waals surface area contributed by atoms with E-state index in [4.69, 9.17) is 0 Å². The van der Waals surface area contributed by atoms with Gasteiger partial charge in [0.1, 0.15) is 0 Å². The van der Waals surface area contributed by atoms with Gasteiger partial charge in [0, 0.05) is 12.6 Å². The van der Waals surface area contributed by atoms with Crippen molar-refractivity contribution >= 4 is 10.0 Å². The van der Waals surface area contributed by atoms with Gasteiger partial charge in [-0.1, -0.05) is 13.3 Å². The largest absolute Gasteiger partial charge is 0.316 e. The van der Waals surface area contributed by atoms with Crippen LogP contribution in [0, 0.1) is 0 Å². The van der Waals surface area contributed by atoms with Crippen molar-refractivity contribution in [1.29, 1.82) is 0 Å². The van der Waals surface area contributed by atoms with Crippen molar-refractivity contribution in [2.24, 2.45) is 0 Å². The van der Waals surface area contributed by atoms with Gasteiger partial charge in [0.2, 0.25) is 10.0 Å². The van der Waals surface area contributed by atoms with Crippen LogP contribution in [0.25, 0.3) is 0 Å². The van der Waals surface area contributed by atoms with Crippen LogP contribution < -0.4 is 10.0 Å². The van der Waals surface area contributed by atoms with Gasteiger partial charge in [0.15, 0.2) is 0 Å². The lowest BCUT2D eigenvalue weighted by molar-refractivity contribution is 0.552. The molecule has 0 radical (unpaired) electrons. The monoisotopic (exact) mass is 208 g/mol. The first-order valence-electron chi connectivity index (χ1n) is 4.66. The predicted octanol–water partition coefficient (Wildman–Crippen LogP) is 0.314. The van der Waals surface area contributed by atoms with Crippen LogP contribution in [-0.4, -0.2) is 33.8 Å². The average molecular weight is 208 g/mol. The summed E-state index contributed by atoms with van der Waals surface area (Å²) in [5.74, 6) is 0.236. The summed E-state index contributed by atoms with van der Waals surface area (Å²) in [6.45, 7) is 4.37. The third-order valence-electron chi connectivity index (χ3n) is 1.87. The highest BCUT2D eigenvalue weighted by atomic mass is 32.2. The molecule has 13 heavy (non-hydrogen) atoms. The van der Waals surface area contributed by atoms with E-state index in [0.717, 1.165) is 12.8 Å². The number of unbranched alkanes of at least 4 members (excludes halogenated alkanes) is 1. The average Bonchev–Trinajstić information content (AvgIpc) is 2.11. The van der Waals surface area contributed by atoms with Crippen LogP contribution in [0.5, 0.6) is 0 Å². The minimum absolute atomic E-state index is 0.177. The molecule has 0 heterocycles. The molecule has 0 bridgehead atoms. The predicted molar refractivity (Wildman–Crippen MR) is 55.2 cm³/mol. The molecule has 0 amide bonds. The SMILES string of the molecule is CCCCS(=O)(=O)NCC(C)NC. The Kier molecular flexibility index (Phi) is 6.28. The number of sulfonamides is 1. The maximum absolute atomic E-state index is 11.3. The van der Waals surface area contributed by atoms with Gasteiger partial charge in [-0.25, -0.2) is 13.1 Å². The molecule has 0 aliphatic rings. The van der Waals surface area contributed by atoms with Crippen molar-refractivity contribution in [3.05, 3.63) is 0 Å². The summed E-state index contributed by atoms with van der Waals surface area (Å²) in [5.41, 5.74) is 0. The van der Waals surface area contributed by atoms with Crippen LogP contribution in [0.2, 0.25) is 0 Å². The van der Waals surface area contributed by atoms with Crippen LogP contribution in [0.15, 0.2) is 0 Å². The van der Waals surface area contributed by atoms with Gasteiger partial charge in [-0.3, -0.25) is 0 Å². The molecule has 2 N–H and O–H groups in total. The van der Waals surface area contributed by atoms with E-state index < -0.39 is 10.0 Å². The molecule has 0 saturated heterocycles. The van der Waals surface area contributed by atoms with E-state index in [-0.39, 0.29) is 11.8 Å². The van der Waals surface area contributed by atoms with Crippen molar-refractivity contribution in [2.75, 3.05) is 19.3 Å². The van der Waals surface area contributed by atoms with Gasteiger partial charge >= 0.3 is 0 Å². The minimum Gasteiger partial charge on any atom is -0.316 e. The summed E-state index contributed by atoms with van der Waals surface area (Å²) in [4.78, 5) is 0. The van der Waals surface area contributed by atoms with Crippen LogP contribution in [0.1, 0.15) is 26.7 Å². The molecule has 0 aliphatic carbocycles. The van der Waals surface area contributed by atoms with E-state index >= 15 is 0 Å². The van der Waals surface area contributed by atoms with E-state index in [0.29, 0.717) is 6.54 Å². The molecule has 0 rings (SSSR count). The number of rotatable bonds is 7.